The molecule has 1 aliphatic rings. The van der Waals surface area contributed by atoms with Crippen LogP contribution in [0.25, 0.3) is 5.52 Å². The smallest absolute Gasteiger partial charge is 0.223 e. The zero-order chi connectivity index (χ0) is 13.9. The maximum absolute atomic E-state index is 12.1. The van der Waals surface area contributed by atoms with Crippen molar-refractivity contribution in [3.8, 4) is 0 Å². The summed E-state index contributed by atoms with van der Waals surface area (Å²) >= 11 is 0. The summed E-state index contributed by atoms with van der Waals surface area (Å²) in [5, 5.41) is 3.05. The van der Waals surface area contributed by atoms with Crippen LogP contribution in [-0.2, 0) is 11.3 Å². The zero-order valence-electron chi connectivity index (χ0n) is 11.7. The predicted molar refractivity (Wildman–Crippen MR) is 77.3 cm³/mol. The van der Waals surface area contributed by atoms with E-state index in [0.717, 1.165) is 37.0 Å². The van der Waals surface area contributed by atoms with Crippen LogP contribution >= 0.6 is 0 Å². The third-order valence-corrected chi connectivity index (χ3v) is 4.03. The van der Waals surface area contributed by atoms with Crippen LogP contribution in [0.1, 0.15) is 18.4 Å². The van der Waals surface area contributed by atoms with Crippen molar-refractivity contribution in [1.82, 2.24) is 19.6 Å². The SMILES string of the molecule is CN1CCC(C(=O)NCc2ccc3cncn3c2)CC1. The molecule has 0 radical (unpaired) electrons. The lowest BCUT2D eigenvalue weighted by molar-refractivity contribution is -0.126. The Morgan fingerprint density at radius 3 is 3.00 bits per heavy atom. The highest BCUT2D eigenvalue weighted by Gasteiger charge is 2.22. The minimum Gasteiger partial charge on any atom is -0.352 e. The fourth-order valence-electron chi connectivity index (χ4n) is 2.67. The van der Waals surface area contributed by atoms with Gasteiger partial charge in [0.05, 0.1) is 18.0 Å². The second-order valence-electron chi connectivity index (χ2n) is 5.56. The molecule has 2 aromatic heterocycles. The van der Waals surface area contributed by atoms with Crippen LogP contribution in [0.5, 0.6) is 0 Å². The molecule has 0 saturated carbocycles. The second kappa shape index (κ2) is 5.63. The number of likely N-dealkylation sites (tertiary alicyclic amines) is 1. The molecule has 3 heterocycles. The molecule has 0 unspecified atom stereocenters. The van der Waals surface area contributed by atoms with Crippen LogP contribution < -0.4 is 5.32 Å². The molecule has 5 nitrogen and oxygen atoms in total. The van der Waals surface area contributed by atoms with Crippen molar-refractivity contribution in [1.29, 1.82) is 0 Å². The molecule has 0 spiro atoms. The minimum atomic E-state index is 0.170. The van der Waals surface area contributed by atoms with Crippen molar-refractivity contribution in [3.63, 3.8) is 0 Å². The van der Waals surface area contributed by atoms with Gasteiger partial charge in [0.15, 0.2) is 0 Å². The fourth-order valence-corrected chi connectivity index (χ4v) is 2.67. The molecule has 0 bridgehead atoms. The molecule has 1 aliphatic heterocycles. The Balaban J connectivity index is 1.57. The molecule has 0 aromatic carbocycles. The van der Waals surface area contributed by atoms with Crippen molar-refractivity contribution < 1.29 is 4.79 Å². The Morgan fingerprint density at radius 1 is 1.40 bits per heavy atom. The number of hydrogen-bond donors (Lipinski definition) is 1. The van der Waals surface area contributed by atoms with Gasteiger partial charge in [-0.3, -0.25) is 4.79 Å². The summed E-state index contributed by atoms with van der Waals surface area (Å²) in [6.45, 7) is 2.61. The number of carbonyl (C=O) groups excluding carboxylic acids is 1. The highest BCUT2D eigenvalue weighted by molar-refractivity contribution is 5.78. The summed E-state index contributed by atoms with van der Waals surface area (Å²) in [4.78, 5) is 18.5. The van der Waals surface area contributed by atoms with Gasteiger partial charge < -0.3 is 14.6 Å². The predicted octanol–water partition coefficient (Wildman–Crippen LogP) is 1.29. The Bertz CT molecular complexity index is 599. The highest BCUT2D eigenvalue weighted by Crippen LogP contribution is 2.16. The lowest BCUT2D eigenvalue weighted by Crippen LogP contribution is -2.38. The van der Waals surface area contributed by atoms with E-state index >= 15 is 0 Å². The number of hydrogen-bond acceptors (Lipinski definition) is 3. The number of nitrogens with one attached hydrogen (secondary N) is 1. The van der Waals surface area contributed by atoms with E-state index in [-0.39, 0.29) is 11.8 Å². The van der Waals surface area contributed by atoms with Crippen molar-refractivity contribution in [3.05, 3.63) is 36.4 Å². The number of imidazole rings is 1. The normalized spacial score (nSPS) is 17.4. The monoisotopic (exact) mass is 272 g/mol. The Labute approximate surface area is 118 Å². The molecule has 1 saturated heterocycles. The molecular formula is C15H20N4O. The summed E-state index contributed by atoms with van der Waals surface area (Å²) in [6, 6.07) is 4.05. The number of nitrogens with zero attached hydrogens (tertiary/aromatic N) is 3. The molecule has 20 heavy (non-hydrogen) atoms. The molecular weight excluding hydrogens is 252 g/mol. The minimum absolute atomic E-state index is 0.170. The van der Waals surface area contributed by atoms with E-state index in [0.29, 0.717) is 6.54 Å². The van der Waals surface area contributed by atoms with Crippen LogP contribution in [-0.4, -0.2) is 40.3 Å². The Hall–Kier alpha value is -1.88. The second-order valence-corrected chi connectivity index (χ2v) is 5.56. The maximum atomic E-state index is 12.1. The quantitative estimate of drug-likeness (QED) is 0.916. The van der Waals surface area contributed by atoms with Crippen molar-refractivity contribution >= 4 is 11.4 Å². The maximum Gasteiger partial charge on any atom is 0.223 e. The average Bonchev–Trinajstić information content (AvgIpc) is 2.93. The average molecular weight is 272 g/mol. The first-order chi connectivity index (χ1) is 9.72. The van der Waals surface area contributed by atoms with Crippen LogP contribution in [0.15, 0.2) is 30.9 Å². The van der Waals surface area contributed by atoms with Crippen molar-refractivity contribution in [2.45, 2.75) is 19.4 Å². The number of aromatic nitrogens is 2. The van der Waals surface area contributed by atoms with E-state index in [1.807, 2.05) is 28.9 Å². The van der Waals surface area contributed by atoms with Gasteiger partial charge in [-0.15, -0.1) is 0 Å². The van der Waals surface area contributed by atoms with Crippen LogP contribution in [0.4, 0.5) is 0 Å². The summed E-state index contributed by atoms with van der Waals surface area (Å²) in [5.74, 6) is 0.354. The van der Waals surface area contributed by atoms with Gasteiger partial charge in [0.25, 0.3) is 0 Å². The van der Waals surface area contributed by atoms with Gasteiger partial charge in [0.2, 0.25) is 5.91 Å². The third-order valence-electron chi connectivity index (χ3n) is 4.03. The number of piperidine rings is 1. The summed E-state index contributed by atoms with van der Waals surface area (Å²) in [7, 11) is 2.11. The molecule has 3 rings (SSSR count). The number of amides is 1. The standard InChI is InChI=1S/C15H20N4O/c1-18-6-4-13(5-7-18)15(20)17-8-12-2-3-14-9-16-11-19(14)10-12/h2-3,9-11,13H,4-8H2,1H3,(H,17,20). The van der Waals surface area contributed by atoms with Gasteiger partial charge >= 0.3 is 0 Å². The molecule has 0 aliphatic carbocycles. The Morgan fingerprint density at radius 2 is 2.20 bits per heavy atom. The highest BCUT2D eigenvalue weighted by atomic mass is 16.1. The first-order valence-corrected chi connectivity index (χ1v) is 7.09. The topological polar surface area (TPSA) is 49.6 Å². The molecule has 1 fully saturated rings. The number of pyridine rings is 1. The molecule has 2 aromatic rings. The molecule has 1 N–H and O–H groups in total. The lowest BCUT2D eigenvalue weighted by Gasteiger charge is -2.28. The largest absolute Gasteiger partial charge is 0.352 e. The van der Waals surface area contributed by atoms with Crippen LogP contribution in [0, 0.1) is 5.92 Å². The molecule has 106 valence electrons. The van der Waals surface area contributed by atoms with Crippen molar-refractivity contribution in [2.24, 2.45) is 5.92 Å². The van der Waals surface area contributed by atoms with E-state index in [2.05, 4.69) is 22.2 Å². The summed E-state index contributed by atoms with van der Waals surface area (Å²) < 4.78 is 1.97. The van der Waals surface area contributed by atoms with E-state index in [1.54, 1.807) is 6.33 Å². The summed E-state index contributed by atoms with van der Waals surface area (Å²) in [6.07, 6.45) is 7.53. The van der Waals surface area contributed by atoms with Gasteiger partial charge in [0, 0.05) is 18.7 Å². The van der Waals surface area contributed by atoms with Crippen LogP contribution in [0.2, 0.25) is 0 Å². The van der Waals surface area contributed by atoms with E-state index in [1.165, 1.54) is 0 Å². The van der Waals surface area contributed by atoms with E-state index in [9.17, 15) is 4.79 Å². The molecule has 1 amide bonds. The van der Waals surface area contributed by atoms with Gasteiger partial charge in [-0.25, -0.2) is 4.98 Å². The zero-order valence-corrected chi connectivity index (χ0v) is 11.7. The fraction of sp³-hybridized carbons (Fsp3) is 0.467. The lowest BCUT2D eigenvalue weighted by atomic mass is 9.96. The molecule has 5 heteroatoms. The van der Waals surface area contributed by atoms with Gasteiger partial charge in [-0.1, -0.05) is 6.07 Å². The molecule has 0 atom stereocenters. The first-order valence-electron chi connectivity index (χ1n) is 7.09. The van der Waals surface area contributed by atoms with Gasteiger partial charge in [-0.05, 0) is 44.6 Å². The van der Waals surface area contributed by atoms with Gasteiger partial charge in [0.1, 0.15) is 0 Å². The third kappa shape index (κ3) is 2.82. The van der Waals surface area contributed by atoms with E-state index in [4.69, 9.17) is 0 Å². The van der Waals surface area contributed by atoms with E-state index < -0.39 is 0 Å². The number of carbonyl (C=O) groups is 1. The number of rotatable bonds is 3. The van der Waals surface area contributed by atoms with Gasteiger partial charge in [-0.2, -0.15) is 0 Å². The number of fused-ring (bicyclic) bond motifs is 1. The first kappa shape index (κ1) is 13.1. The van der Waals surface area contributed by atoms with Crippen LogP contribution in [0.3, 0.4) is 0 Å². The summed E-state index contributed by atoms with van der Waals surface area (Å²) in [5.41, 5.74) is 2.16. The van der Waals surface area contributed by atoms with Crippen molar-refractivity contribution in [2.75, 3.05) is 20.1 Å². The Kier molecular flexibility index (Phi) is 3.69.